The summed E-state index contributed by atoms with van der Waals surface area (Å²) in [6.07, 6.45) is 3.15. The van der Waals surface area contributed by atoms with Gasteiger partial charge in [-0.2, -0.15) is 5.26 Å². The number of nitrogens with zero attached hydrogens (tertiary/aromatic N) is 4. The second-order valence-electron chi connectivity index (χ2n) is 7.48. The lowest BCUT2D eigenvalue weighted by Gasteiger charge is -2.20. The Balaban J connectivity index is 1.53. The molecular formula is C26H22N4O3S. The Morgan fingerprint density at radius 3 is 2.62 bits per heavy atom. The van der Waals surface area contributed by atoms with Crippen LogP contribution in [0.1, 0.15) is 33.4 Å². The fourth-order valence-electron chi connectivity index (χ4n) is 3.47. The van der Waals surface area contributed by atoms with Crippen molar-refractivity contribution in [2.75, 3.05) is 18.1 Å². The van der Waals surface area contributed by atoms with Gasteiger partial charge in [0.2, 0.25) is 0 Å². The molecule has 0 atom stereocenters. The molecule has 0 fully saturated rings. The standard InChI is InChI=1S/C26H22N4O3S/c1-2-33-25(31)17-30(23-5-3-4-14-28-23)26(32)20-11-12-22-21(15-20)29-24(34-22)13-10-18-6-8-19(16-27)9-7-18/h3-9,11-12,14-15H,2,10,13,17H2,1H3. The van der Waals surface area contributed by atoms with Crippen LogP contribution in [0, 0.1) is 11.3 Å². The first-order chi connectivity index (χ1) is 16.6. The molecule has 0 aliphatic heterocycles. The van der Waals surface area contributed by atoms with Crippen LogP contribution in [0.4, 0.5) is 5.82 Å². The van der Waals surface area contributed by atoms with Gasteiger partial charge in [0.1, 0.15) is 12.4 Å². The van der Waals surface area contributed by atoms with Crippen LogP contribution in [0.5, 0.6) is 0 Å². The summed E-state index contributed by atoms with van der Waals surface area (Å²) in [4.78, 5) is 35.7. The number of esters is 1. The van der Waals surface area contributed by atoms with Gasteiger partial charge in [-0.15, -0.1) is 11.3 Å². The van der Waals surface area contributed by atoms with Crippen molar-refractivity contribution in [2.45, 2.75) is 19.8 Å². The molecule has 0 saturated carbocycles. The minimum atomic E-state index is -0.499. The van der Waals surface area contributed by atoms with Crippen LogP contribution in [0.15, 0.2) is 66.9 Å². The molecule has 2 aromatic carbocycles. The molecular weight excluding hydrogens is 448 g/mol. The largest absolute Gasteiger partial charge is 0.465 e. The van der Waals surface area contributed by atoms with Gasteiger partial charge in [-0.25, -0.2) is 9.97 Å². The van der Waals surface area contributed by atoms with E-state index in [0.29, 0.717) is 16.9 Å². The third kappa shape index (κ3) is 5.45. The van der Waals surface area contributed by atoms with E-state index in [2.05, 4.69) is 11.1 Å². The maximum Gasteiger partial charge on any atom is 0.326 e. The van der Waals surface area contributed by atoms with E-state index in [9.17, 15) is 9.59 Å². The Bertz CT molecular complexity index is 1340. The molecule has 0 bridgehead atoms. The number of aryl methyl sites for hydroxylation is 2. The molecule has 0 saturated heterocycles. The molecule has 0 N–H and O–H groups in total. The number of fused-ring (bicyclic) bond motifs is 1. The zero-order chi connectivity index (χ0) is 23.9. The molecule has 7 nitrogen and oxygen atoms in total. The van der Waals surface area contributed by atoms with Crippen molar-refractivity contribution in [2.24, 2.45) is 0 Å². The van der Waals surface area contributed by atoms with Gasteiger partial charge >= 0.3 is 5.97 Å². The van der Waals surface area contributed by atoms with Gasteiger partial charge in [0.15, 0.2) is 0 Å². The average molecular weight is 471 g/mol. The quantitative estimate of drug-likeness (QED) is 0.350. The monoisotopic (exact) mass is 470 g/mol. The van der Waals surface area contributed by atoms with Gasteiger partial charge < -0.3 is 4.74 Å². The van der Waals surface area contributed by atoms with Crippen molar-refractivity contribution < 1.29 is 14.3 Å². The maximum absolute atomic E-state index is 13.3. The number of hydrogen-bond acceptors (Lipinski definition) is 7. The van der Waals surface area contributed by atoms with E-state index in [1.54, 1.807) is 54.8 Å². The highest BCUT2D eigenvalue weighted by Crippen LogP contribution is 2.25. The second-order valence-corrected chi connectivity index (χ2v) is 8.60. The maximum atomic E-state index is 13.3. The molecule has 0 aliphatic rings. The molecule has 0 unspecified atom stereocenters. The Morgan fingerprint density at radius 1 is 1.09 bits per heavy atom. The summed E-state index contributed by atoms with van der Waals surface area (Å²) in [6.45, 7) is 1.73. The highest BCUT2D eigenvalue weighted by molar-refractivity contribution is 7.18. The summed E-state index contributed by atoms with van der Waals surface area (Å²) in [7, 11) is 0. The molecule has 4 rings (SSSR count). The van der Waals surface area contributed by atoms with E-state index < -0.39 is 5.97 Å². The number of anilines is 1. The van der Waals surface area contributed by atoms with Crippen molar-refractivity contribution in [3.8, 4) is 6.07 Å². The van der Waals surface area contributed by atoms with Gasteiger partial charge in [0.05, 0.1) is 33.5 Å². The van der Waals surface area contributed by atoms with Gasteiger partial charge in [0, 0.05) is 18.2 Å². The van der Waals surface area contributed by atoms with Gasteiger partial charge in [-0.3, -0.25) is 14.5 Å². The number of nitriles is 1. The predicted octanol–water partition coefficient (Wildman–Crippen LogP) is 4.56. The van der Waals surface area contributed by atoms with Gasteiger partial charge in [0.25, 0.3) is 5.91 Å². The van der Waals surface area contributed by atoms with Gasteiger partial charge in [-0.1, -0.05) is 18.2 Å². The molecule has 34 heavy (non-hydrogen) atoms. The number of rotatable bonds is 8. The van der Waals surface area contributed by atoms with Crippen molar-refractivity contribution in [3.05, 3.63) is 88.6 Å². The van der Waals surface area contributed by atoms with E-state index in [1.165, 1.54) is 4.90 Å². The highest BCUT2D eigenvalue weighted by atomic mass is 32.1. The lowest BCUT2D eigenvalue weighted by Crippen LogP contribution is -2.37. The van der Waals surface area contributed by atoms with E-state index in [-0.39, 0.29) is 19.1 Å². The third-order valence-corrected chi connectivity index (χ3v) is 6.25. The van der Waals surface area contributed by atoms with Crippen LogP contribution in [0.3, 0.4) is 0 Å². The zero-order valence-corrected chi connectivity index (χ0v) is 19.4. The number of aromatic nitrogens is 2. The third-order valence-electron chi connectivity index (χ3n) is 5.15. The van der Waals surface area contributed by atoms with Crippen molar-refractivity contribution >= 4 is 39.2 Å². The van der Waals surface area contributed by atoms with Crippen molar-refractivity contribution in [1.29, 1.82) is 5.26 Å². The molecule has 170 valence electrons. The van der Waals surface area contributed by atoms with E-state index >= 15 is 0 Å². The van der Waals surface area contributed by atoms with Crippen LogP contribution in [-0.4, -0.2) is 35.0 Å². The number of carbonyl (C=O) groups is 2. The molecule has 2 aromatic heterocycles. The van der Waals surface area contributed by atoms with Crippen LogP contribution in [0.2, 0.25) is 0 Å². The number of carbonyl (C=O) groups excluding carboxylic acids is 2. The Labute approximate surface area is 201 Å². The predicted molar refractivity (Wildman–Crippen MR) is 131 cm³/mol. The average Bonchev–Trinajstić information content (AvgIpc) is 3.29. The molecule has 2 heterocycles. The van der Waals surface area contributed by atoms with Crippen molar-refractivity contribution in [3.63, 3.8) is 0 Å². The fraction of sp³-hybridized carbons (Fsp3) is 0.192. The smallest absolute Gasteiger partial charge is 0.326 e. The number of benzene rings is 2. The summed E-state index contributed by atoms with van der Waals surface area (Å²) in [6, 6.07) is 20.2. The summed E-state index contributed by atoms with van der Waals surface area (Å²) < 4.78 is 6.03. The topological polar surface area (TPSA) is 96.2 Å². The lowest BCUT2D eigenvalue weighted by atomic mass is 10.1. The van der Waals surface area contributed by atoms with Crippen molar-refractivity contribution in [1.82, 2.24) is 9.97 Å². The lowest BCUT2D eigenvalue weighted by molar-refractivity contribution is -0.141. The number of hydrogen-bond donors (Lipinski definition) is 0. The van der Waals surface area contributed by atoms with Crippen LogP contribution >= 0.6 is 11.3 Å². The highest BCUT2D eigenvalue weighted by Gasteiger charge is 2.23. The Morgan fingerprint density at radius 2 is 1.91 bits per heavy atom. The van der Waals surface area contributed by atoms with Crippen LogP contribution in [0.25, 0.3) is 10.2 Å². The minimum Gasteiger partial charge on any atom is -0.465 e. The first-order valence-electron chi connectivity index (χ1n) is 10.8. The molecule has 8 heteroatoms. The summed E-state index contributed by atoms with van der Waals surface area (Å²) in [5, 5.41) is 9.90. The SMILES string of the molecule is CCOC(=O)CN(C(=O)c1ccc2sc(CCc3ccc(C#N)cc3)nc2c1)c1ccccn1. The van der Waals surface area contributed by atoms with E-state index in [0.717, 1.165) is 33.6 Å². The number of amides is 1. The number of ether oxygens (including phenoxy) is 1. The fourth-order valence-corrected chi connectivity index (χ4v) is 4.42. The van der Waals surface area contributed by atoms with Crippen LogP contribution in [-0.2, 0) is 22.4 Å². The summed E-state index contributed by atoms with van der Waals surface area (Å²) >= 11 is 1.59. The first kappa shape index (κ1) is 23.1. The summed E-state index contributed by atoms with van der Waals surface area (Å²) in [5.74, 6) is -0.468. The minimum absolute atomic E-state index is 0.228. The molecule has 0 radical (unpaired) electrons. The molecule has 1 amide bonds. The normalized spacial score (nSPS) is 10.6. The molecule has 0 aliphatic carbocycles. The molecule has 0 spiro atoms. The number of thiazole rings is 1. The van der Waals surface area contributed by atoms with E-state index in [4.69, 9.17) is 15.0 Å². The van der Waals surface area contributed by atoms with E-state index in [1.807, 2.05) is 30.3 Å². The Kier molecular flexibility index (Phi) is 7.25. The zero-order valence-electron chi connectivity index (χ0n) is 18.6. The second kappa shape index (κ2) is 10.7. The van der Waals surface area contributed by atoms with Gasteiger partial charge in [-0.05, 0) is 61.4 Å². The van der Waals surface area contributed by atoms with Crippen LogP contribution < -0.4 is 4.90 Å². The summed E-state index contributed by atoms with van der Waals surface area (Å²) in [5.41, 5.74) is 2.94. The Hall–Kier alpha value is -4.09. The first-order valence-corrected chi connectivity index (χ1v) is 11.7. The molecule has 4 aromatic rings. The number of pyridine rings is 1.